The summed E-state index contributed by atoms with van der Waals surface area (Å²) in [5.74, 6) is -0.0671. The predicted molar refractivity (Wildman–Crippen MR) is 109 cm³/mol. The average molecular weight is 392 g/mol. The standard InChI is InChI=1S/C22H21FN4O2/c1-13(28)15-2-3-16-11-27(12-17(16)10-15)22(29)26-21-19(24)8-9-20(25-21)14-4-6-18(23)7-5-14/h2-10,13,28H,11-12,24H2,1H3,(H,25,26,29). The first-order chi connectivity index (χ1) is 13.9. The summed E-state index contributed by atoms with van der Waals surface area (Å²) < 4.78 is 13.2. The maximum Gasteiger partial charge on any atom is 0.323 e. The summed E-state index contributed by atoms with van der Waals surface area (Å²) in [6.07, 6.45) is -0.554. The van der Waals surface area contributed by atoms with Crippen LogP contribution in [0.25, 0.3) is 11.3 Å². The molecule has 6 nitrogen and oxygen atoms in total. The van der Waals surface area contributed by atoms with E-state index in [2.05, 4.69) is 10.3 Å². The van der Waals surface area contributed by atoms with Gasteiger partial charge in [0, 0.05) is 18.7 Å². The van der Waals surface area contributed by atoms with Crippen LogP contribution in [0.1, 0.15) is 29.7 Å². The lowest BCUT2D eigenvalue weighted by molar-refractivity contribution is 0.199. The first kappa shape index (κ1) is 18.9. The Kier molecular flexibility index (Phi) is 4.90. The molecule has 29 heavy (non-hydrogen) atoms. The normalized spacial score (nSPS) is 13.8. The van der Waals surface area contributed by atoms with Gasteiger partial charge in [0.05, 0.1) is 17.5 Å². The van der Waals surface area contributed by atoms with Gasteiger partial charge in [0.15, 0.2) is 5.82 Å². The van der Waals surface area contributed by atoms with Gasteiger partial charge in [-0.1, -0.05) is 18.2 Å². The van der Waals surface area contributed by atoms with E-state index in [0.717, 1.165) is 22.3 Å². The molecule has 1 aliphatic rings. The molecule has 1 atom stereocenters. The number of hydrogen-bond acceptors (Lipinski definition) is 4. The van der Waals surface area contributed by atoms with Crippen molar-refractivity contribution in [2.75, 3.05) is 11.1 Å². The number of fused-ring (bicyclic) bond motifs is 1. The van der Waals surface area contributed by atoms with Crippen LogP contribution in [0.3, 0.4) is 0 Å². The molecule has 0 radical (unpaired) electrons. The number of urea groups is 1. The first-order valence-corrected chi connectivity index (χ1v) is 9.29. The zero-order valence-electron chi connectivity index (χ0n) is 15.9. The highest BCUT2D eigenvalue weighted by Gasteiger charge is 2.24. The van der Waals surface area contributed by atoms with E-state index in [1.807, 2.05) is 18.2 Å². The molecule has 0 fully saturated rings. The number of aliphatic hydroxyl groups is 1. The number of anilines is 2. The summed E-state index contributed by atoms with van der Waals surface area (Å²) in [6, 6.07) is 14.8. The topological polar surface area (TPSA) is 91.5 Å². The number of nitrogens with zero attached hydrogens (tertiary/aromatic N) is 2. The summed E-state index contributed by atoms with van der Waals surface area (Å²) in [5.41, 5.74) is 10.5. The zero-order valence-corrected chi connectivity index (χ0v) is 15.9. The molecule has 4 rings (SSSR count). The SMILES string of the molecule is CC(O)c1ccc2c(c1)CN(C(=O)Nc1nc(-c3ccc(F)cc3)ccc1N)C2. The van der Waals surface area contributed by atoms with Gasteiger partial charge in [-0.2, -0.15) is 0 Å². The van der Waals surface area contributed by atoms with Gasteiger partial charge in [-0.15, -0.1) is 0 Å². The number of aromatic nitrogens is 1. The van der Waals surface area contributed by atoms with Gasteiger partial charge in [-0.25, -0.2) is 14.2 Å². The Bertz CT molecular complexity index is 1070. The van der Waals surface area contributed by atoms with Crippen LogP contribution in [-0.4, -0.2) is 21.0 Å². The van der Waals surface area contributed by atoms with Crippen LogP contribution in [0, 0.1) is 5.82 Å². The molecule has 3 aromatic rings. The molecule has 0 saturated carbocycles. The number of rotatable bonds is 3. The van der Waals surface area contributed by atoms with E-state index in [4.69, 9.17) is 5.73 Å². The Labute approximate surface area is 167 Å². The van der Waals surface area contributed by atoms with Gasteiger partial charge in [-0.3, -0.25) is 5.32 Å². The Morgan fingerprint density at radius 2 is 1.86 bits per heavy atom. The Morgan fingerprint density at radius 1 is 1.14 bits per heavy atom. The molecule has 2 amide bonds. The molecule has 0 saturated heterocycles. The molecule has 1 unspecified atom stereocenters. The number of carbonyl (C=O) groups excluding carboxylic acids is 1. The third-order valence-electron chi connectivity index (χ3n) is 5.01. The highest BCUT2D eigenvalue weighted by molar-refractivity contribution is 5.92. The second-order valence-corrected chi connectivity index (χ2v) is 7.13. The number of amides is 2. The molecule has 2 aromatic carbocycles. The first-order valence-electron chi connectivity index (χ1n) is 9.29. The van der Waals surface area contributed by atoms with Crippen LogP contribution in [-0.2, 0) is 13.1 Å². The fraction of sp³-hybridized carbons (Fsp3) is 0.182. The van der Waals surface area contributed by atoms with Crippen molar-refractivity contribution in [2.24, 2.45) is 0 Å². The Morgan fingerprint density at radius 3 is 2.59 bits per heavy atom. The lowest BCUT2D eigenvalue weighted by Gasteiger charge is -2.17. The van der Waals surface area contributed by atoms with Crippen molar-refractivity contribution < 1.29 is 14.3 Å². The van der Waals surface area contributed by atoms with Crippen LogP contribution in [0.4, 0.5) is 20.7 Å². The molecule has 0 spiro atoms. The van der Waals surface area contributed by atoms with E-state index in [-0.39, 0.29) is 17.7 Å². The van der Waals surface area contributed by atoms with Crippen LogP contribution in [0.5, 0.6) is 0 Å². The fourth-order valence-corrected chi connectivity index (χ4v) is 3.35. The minimum atomic E-state index is -0.554. The molecule has 7 heteroatoms. The van der Waals surface area contributed by atoms with Crippen LogP contribution in [0.15, 0.2) is 54.6 Å². The second kappa shape index (κ2) is 7.52. The van der Waals surface area contributed by atoms with E-state index >= 15 is 0 Å². The van der Waals surface area contributed by atoms with Crippen molar-refractivity contribution in [3.8, 4) is 11.3 Å². The molecule has 0 aliphatic carbocycles. The number of benzene rings is 2. The number of nitrogens with one attached hydrogen (secondary N) is 1. The van der Waals surface area contributed by atoms with E-state index < -0.39 is 6.10 Å². The van der Waals surface area contributed by atoms with Crippen molar-refractivity contribution in [1.82, 2.24) is 9.88 Å². The van der Waals surface area contributed by atoms with Crippen molar-refractivity contribution in [1.29, 1.82) is 0 Å². The third kappa shape index (κ3) is 3.90. The quantitative estimate of drug-likeness (QED) is 0.627. The molecule has 2 heterocycles. The summed E-state index contributed by atoms with van der Waals surface area (Å²) in [4.78, 5) is 18.9. The second-order valence-electron chi connectivity index (χ2n) is 7.13. The monoisotopic (exact) mass is 392 g/mol. The van der Waals surface area contributed by atoms with Gasteiger partial charge in [0.1, 0.15) is 5.82 Å². The third-order valence-corrected chi connectivity index (χ3v) is 5.01. The van der Waals surface area contributed by atoms with Gasteiger partial charge in [-0.05, 0) is 60.0 Å². The van der Waals surface area contributed by atoms with Crippen LogP contribution < -0.4 is 11.1 Å². The highest BCUT2D eigenvalue weighted by Crippen LogP contribution is 2.28. The maximum atomic E-state index is 13.2. The van der Waals surface area contributed by atoms with Crippen molar-refractivity contribution in [3.05, 3.63) is 77.1 Å². The summed E-state index contributed by atoms with van der Waals surface area (Å²) >= 11 is 0. The average Bonchev–Trinajstić information content (AvgIpc) is 3.14. The van der Waals surface area contributed by atoms with Crippen molar-refractivity contribution in [2.45, 2.75) is 26.1 Å². The molecule has 148 valence electrons. The number of aliphatic hydroxyl groups excluding tert-OH is 1. The number of pyridine rings is 1. The van der Waals surface area contributed by atoms with Gasteiger partial charge in [0.2, 0.25) is 0 Å². The van der Waals surface area contributed by atoms with E-state index in [1.165, 1.54) is 12.1 Å². The van der Waals surface area contributed by atoms with Crippen molar-refractivity contribution >= 4 is 17.5 Å². The minimum absolute atomic E-state index is 0.262. The van der Waals surface area contributed by atoms with Crippen LogP contribution in [0.2, 0.25) is 0 Å². The van der Waals surface area contributed by atoms with E-state index in [9.17, 15) is 14.3 Å². The van der Waals surface area contributed by atoms with Gasteiger partial charge >= 0.3 is 6.03 Å². The number of nitrogens with two attached hydrogens (primary N) is 1. The molecule has 4 N–H and O–H groups in total. The molecule has 1 aromatic heterocycles. The van der Waals surface area contributed by atoms with E-state index in [1.54, 1.807) is 36.1 Å². The molecule has 1 aliphatic heterocycles. The number of halogens is 1. The van der Waals surface area contributed by atoms with Crippen LogP contribution >= 0.6 is 0 Å². The summed E-state index contributed by atoms with van der Waals surface area (Å²) in [7, 11) is 0. The fourth-order valence-electron chi connectivity index (χ4n) is 3.35. The summed E-state index contributed by atoms with van der Waals surface area (Å²) in [5, 5.41) is 12.5. The summed E-state index contributed by atoms with van der Waals surface area (Å²) in [6.45, 7) is 2.63. The number of nitrogen functional groups attached to an aromatic ring is 1. The van der Waals surface area contributed by atoms with Gasteiger partial charge in [0.25, 0.3) is 0 Å². The minimum Gasteiger partial charge on any atom is -0.396 e. The molecule has 0 bridgehead atoms. The highest BCUT2D eigenvalue weighted by atomic mass is 19.1. The lowest BCUT2D eigenvalue weighted by atomic mass is 10.0. The Balaban J connectivity index is 1.51. The molecular weight excluding hydrogens is 371 g/mol. The molecular formula is C22H21FN4O2. The smallest absolute Gasteiger partial charge is 0.323 e. The van der Waals surface area contributed by atoms with Crippen molar-refractivity contribution in [3.63, 3.8) is 0 Å². The lowest BCUT2D eigenvalue weighted by Crippen LogP contribution is -2.30. The number of hydrogen-bond donors (Lipinski definition) is 3. The predicted octanol–water partition coefficient (Wildman–Crippen LogP) is 4.07. The number of carbonyl (C=O) groups is 1. The van der Waals surface area contributed by atoms with E-state index in [0.29, 0.717) is 24.5 Å². The Hall–Kier alpha value is -3.45. The zero-order chi connectivity index (χ0) is 20.5. The van der Waals surface area contributed by atoms with Gasteiger partial charge < -0.3 is 15.7 Å². The maximum absolute atomic E-state index is 13.2. The largest absolute Gasteiger partial charge is 0.396 e.